The van der Waals surface area contributed by atoms with Gasteiger partial charge in [-0.05, 0) is 60.0 Å². The summed E-state index contributed by atoms with van der Waals surface area (Å²) in [4.78, 5) is 24.9. The van der Waals surface area contributed by atoms with Crippen molar-refractivity contribution in [3.05, 3.63) is 89.0 Å². The molecule has 36 heavy (non-hydrogen) atoms. The van der Waals surface area contributed by atoms with E-state index in [0.29, 0.717) is 34.0 Å². The van der Waals surface area contributed by atoms with Crippen molar-refractivity contribution in [3.63, 3.8) is 0 Å². The molecule has 0 saturated carbocycles. The summed E-state index contributed by atoms with van der Waals surface area (Å²) in [5.74, 6) is -1.45. The minimum atomic E-state index is -5.04. The number of carbonyl (C=O) groups is 2. The van der Waals surface area contributed by atoms with E-state index in [2.05, 4.69) is 5.32 Å². The quantitative estimate of drug-likeness (QED) is 0.298. The first-order valence-electron chi connectivity index (χ1n) is 10.8. The van der Waals surface area contributed by atoms with E-state index in [1.807, 2.05) is 13.8 Å². The SMILES string of the molecule is CC(C)NC(=O)c1ccc(/C=C/C(=O)NC(c2cccc(C(F)(F)F)c2)C(F)(F)F)c2ccccc12. The van der Waals surface area contributed by atoms with Crippen molar-refractivity contribution in [1.29, 1.82) is 0 Å². The Kier molecular flexibility index (Phi) is 7.76. The van der Waals surface area contributed by atoms with Crippen LogP contribution in [0.25, 0.3) is 16.8 Å². The number of halogens is 6. The van der Waals surface area contributed by atoms with Crippen LogP contribution in [0.1, 0.15) is 46.9 Å². The number of rotatable bonds is 6. The summed E-state index contributed by atoms with van der Waals surface area (Å²) in [6.45, 7) is 3.62. The lowest BCUT2D eigenvalue weighted by atomic mass is 9.98. The number of alkyl halides is 6. The highest BCUT2D eigenvalue weighted by atomic mass is 19.4. The first-order valence-corrected chi connectivity index (χ1v) is 10.8. The number of amides is 2. The summed E-state index contributed by atoms with van der Waals surface area (Å²) < 4.78 is 79.7. The minimum Gasteiger partial charge on any atom is -0.350 e. The lowest BCUT2D eigenvalue weighted by Crippen LogP contribution is -2.37. The van der Waals surface area contributed by atoms with Crippen molar-refractivity contribution >= 4 is 28.7 Å². The Morgan fingerprint density at radius 2 is 1.50 bits per heavy atom. The third-order valence-corrected chi connectivity index (χ3v) is 5.20. The molecule has 0 aliphatic carbocycles. The van der Waals surface area contributed by atoms with Crippen LogP contribution in [-0.2, 0) is 11.0 Å². The Hall–Kier alpha value is -3.82. The summed E-state index contributed by atoms with van der Waals surface area (Å²) >= 11 is 0. The van der Waals surface area contributed by atoms with Gasteiger partial charge in [-0.2, -0.15) is 26.3 Å². The van der Waals surface area contributed by atoms with Gasteiger partial charge in [0.15, 0.2) is 6.04 Å². The molecule has 10 heteroatoms. The molecule has 0 saturated heterocycles. The second kappa shape index (κ2) is 10.4. The predicted molar refractivity (Wildman–Crippen MR) is 124 cm³/mol. The second-order valence-corrected chi connectivity index (χ2v) is 8.32. The highest BCUT2D eigenvalue weighted by molar-refractivity contribution is 6.09. The molecule has 1 atom stereocenters. The fourth-order valence-corrected chi connectivity index (χ4v) is 3.61. The number of fused-ring (bicyclic) bond motifs is 1. The molecule has 0 aliphatic heterocycles. The molecule has 2 N–H and O–H groups in total. The first kappa shape index (κ1) is 26.8. The summed E-state index contributed by atoms with van der Waals surface area (Å²) in [5, 5.41) is 5.69. The van der Waals surface area contributed by atoms with Crippen LogP contribution in [0.3, 0.4) is 0 Å². The number of benzene rings is 3. The van der Waals surface area contributed by atoms with E-state index < -0.39 is 35.4 Å². The van der Waals surface area contributed by atoms with Gasteiger partial charge in [0.2, 0.25) is 5.91 Å². The Morgan fingerprint density at radius 1 is 0.833 bits per heavy atom. The summed E-state index contributed by atoms with van der Waals surface area (Å²) in [5.41, 5.74) is -1.15. The molecule has 190 valence electrons. The zero-order chi connectivity index (χ0) is 26.7. The fourth-order valence-electron chi connectivity index (χ4n) is 3.61. The lowest BCUT2D eigenvalue weighted by Gasteiger charge is -2.22. The molecule has 0 fully saturated rings. The van der Waals surface area contributed by atoms with Gasteiger partial charge in [0.25, 0.3) is 5.91 Å². The van der Waals surface area contributed by atoms with Gasteiger partial charge >= 0.3 is 12.4 Å². The van der Waals surface area contributed by atoms with Crippen LogP contribution >= 0.6 is 0 Å². The van der Waals surface area contributed by atoms with Gasteiger partial charge in [0.05, 0.1) is 5.56 Å². The predicted octanol–water partition coefficient (Wildman–Crippen LogP) is 6.43. The summed E-state index contributed by atoms with van der Waals surface area (Å²) in [6.07, 6.45) is -7.73. The maximum atomic E-state index is 13.6. The van der Waals surface area contributed by atoms with E-state index in [1.165, 1.54) is 6.08 Å². The Morgan fingerprint density at radius 3 is 2.11 bits per heavy atom. The average molecular weight is 508 g/mol. The monoisotopic (exact) mass is 508 g/mol. The van der Waals surface area contributed by atoms with Gasteiger partial charge in [-0.25, -0.2) is 0 Å². The highest BCUT2D eigenvalue weighted by Gasteiger charge is 2.42. The smallest absolute Gasteiger partial charge is 0.350 e. The molecule has 1 unspecified atom stereocenters. The molecule has 0 aromatic heterocycles. The van der Waals surface area contributed by atoms with Crippen LogP contribution in [0.5, 0.6) is 0 Å². The standard InChI is InChI=1S/C26H22F6N2O2/c1-15(2)33-24(36)21-12-10-16(19-8-3-4-9-20(19)21)11-13-22(35)34-23(26(30,31)32)17-6-5-7-18(14-17)25(27,28)29/h3-15,23H,1-2H3,(H,33,36)(H,34,35)/b13-11+. The number of hydrogen-bond acceptors (Lipinski definition) is 2. The molecule has 3 rings (SSSR count). The highest BCUT2D eigenvalue weighted by Crippen LogP contribution is 2.36. The zero-order valence-corrected chi connectivity index (χ0v) is 19.2. The molecular weight excluding hydrogens is 486 g/mol. The molecule has 0 radical (unpaired) electrons. The number of hydrogen-bond donors (Lipinski definition) is 2. The van der Waals surface area contributed by atoms with Crippen molar-refractivity contribution in [3.8, 4) is 0 Å². The summed E-state index contributed by atoms with van der Waals surface area (Å²) in [6, 6.07) is 9.89. The van der Waals surface area contributed by atoms with Gasteiger partial charge in [0, 0.05) is 17.7 Å². The minimum absolute atomic E-state index is 0.0991. The Bertz CT molecular complexity index is 1300. The van der Waals surface area contributed by atoms with Crippen LogP contribution in [0.2, 0.25) is 0 Å². The molecule has 2 amide bonds. The van der Waals surface area contributed by atoms with Crippen molar-refractivity contribution in [1.82, 2.24) is 10.6 Å². The maximum Gasteiger partial charge on any atom is 0.416 e. The fraction of sp³-hybridized carbons (Fsp3) is 0.231. The van der Waals surface area contributed by atoms with E-state index >= 15 is 0 Å². The third-order valence-electron chi connectivity index (χ3n) is 5.20. The van der Waals surface area contributed by atoms with Crippen LogP contribution in [0, 0.1) is 0 Å². The molecule has 0 spiro atoms. The molecule has 0 heterocycles. The first-order chi connectivity index (χ1) is 16.8. The lowest BCUT2D eigenvalue weighted by molar-refractivity contribution is -0.162. The van der Waals surface area contributed by atoms with Crippen LogP contribution in [-0.4, -0.2) is 24.0 Å². The second-order valence-electron chi connectivity index (χ2n) is 8.32. The van der Waals surface area contributed by atoms with E-state index in [-0.39, 0.29) is 11.9 Å². The third kappa shape index (κ3) is 6.44. The van der Waals surface area contributed by atoms with E-state index in [0.717, 1.165) is 18.2 Å². The zero-order valence-electron chi connectivity index (χ0n) is 19.2. The van der Waals surface area contributed by atoms with E-state index in [1.54, 1.807) is 41.7 Å². The largest absolute Gasteiger partial charge is 0.416 e. The van der Waals surface area contributed by atoms with Gasteiger partial charge in [-0.1, -0.05) is 42.5 Å². The van der Waals surface area contributed by atoms with Crippen molar-refractivity contribution in [2.45, 2.75) is 38.3 Å². The van der Waals surface area contributed by atoms with Crippen LogP contribution in [0.15, 0.2) is 66.7 Å². The van der Waals surface area contributed by atoms with Crippen LogP contribution in [0.4, 0.5) is 26.3 Å². The molecule has 0 bridgehead atoms. The van der Waals surface area contributed by atoms with Crippen LogP contribution < -0.4 is 10.6 Å². The van der Waals surface area contributed by atoms with E-state index in [4.69, 9.17) is 0 Å². The average Bonchev–Trinajstić information content (AvgIpc) is 2.79. The molecule has 3 aromatic rings. The topological polar surface area (TPSA) is 58.2 Å². The van der Waals surface area contributed by atoms with Gasteiger partial charge < -0.3 is 10.6 Å². The summed E-state index contributed by atoms with van der Waals surface area (Å²) in [7, 11) is 0. The molecule has 0 aliphatic rings. The molecular formula is C26H22F6N2O2. The van der Waals surface area contributed by atoms with Crippen molar-refractivity contribution in [2.24, 2.45) is 0 Å². The normalized spacial score (nSPS) is 13.2. The number of carbonyl (C=O) groups excluding carboxylic acids is 2. The Balaban J connectivity index is 1.89. The van der Waals surface area contributed by atoms with Crippen molar-refractivity contribution in [2.75, 3.05) is 0 Å². The van der Waals surface area contributed by atoms with Gasteiger partial charge in [-0.15, -0.1) is 0 Å². The van der Waals surface area contributed by atoms with Gasteiger partial charge in [0.1, 0.15) is 0 Å². The van der Waals surface area contributed by atoms with Gasteiger partial charge in [-0.3, -0.25) is 9.59 Å². The van der Waals surface area contributed by atoms with Crippen molar-refractivity contribution < 1.29 is 35.9 Å². The molecule has 4 nitrogen and oxygen atoms in total. The Labute approximate surface area is 203 Å². The maximum absolute atomic E-state index is 13.6. The molecule has 3 aromatic carbocycles. The van der Waals surface area contributed by atoms with E-state index in [9.17, 15) is 35.9 Å². The number of nitrogens with one attached hydrogen (secondary N) is 2.